The molecule has 1 fully saturated rings. The quantitative estimate of drug-likeness (QED) is 0.454. The van der Waals surface area contributed by atoms with E-state index in [1.165, 1.54) is 19.2 Å². The molecule has 0 spiro atoms. The second kappa shape index (κ2) is 9.32. The van der Waals surface area contributed by atoms with Crippen molar-refractivity contribution in [3.8, 4) is 16.9 Å². The van der Waals surface area contributed by atoms with E-state index in [1.54, 1.807) is 12.1 Å². The van der Waals surface area contributed by atoms with Gasteiger partial charge < -0.3 is 27.3 Å². The first-order valence-electron chi connectivity index (χ1n) is 9.63. The summed E-state index contributed by atoms with van der Waals surface area (Å²) in [5.41, 5.74) is 20.1. The lowest BCUT2D eigenvalue weighted by Gasteiger charge is -2.17. The van der Waals surface area contributed by atoms with E-state index in [4.69, 9.17) is 21.9 Å². The summed E-state index contributed by atoms with van der Waals surface area (Å²) >= 11 is 0. The molecule has 0 atom stereocenters. The van der Waals surface area contributed by atoms with Gasteiger partial charge in [-0.2, -0.15) is 0 Å². The Bertz CT molecular complexity index is 937. The molecule has 6 nitrogen and oxygen atoms in total. The van der Waals surface area contributed by atoms with Crippen molar-refractivity contribution in [1.82, 2.24) is 5.32 Å². The first-order chi connectivity index (χ1) is 13.8. The molecule has 0 bridgehead atoms. The van der Waals surface area contributed by atoms with Gasteiger partial charge in [-0.15, -0.1) is 0 Å². The van der Waals surface area contributed by atoms with E-state index < -0.39 is 11.7 Å². The molecule has 0 unspecified atom stereocenters. The lowest BCUT2D eigenvalue weighted by Crippen LogP contribution is -2.32. The lowest BCUT2D eigenvalue weighted by molar-refractivity contribution is -0.117. The van der Waals surface area contributed by atoms with Crippen molar-refractivity contribution in [2.75, 3.05) is 12.8 Å². The van der Waals surface area contributed by atoms with Gasteiger partial charge in [0.15, 0.2) is 0 Å². The van der Waals surface area contributed by atoms with Crippen LogP contribution in [0.5, 0.6) is 5.75 Å². The molecule has 0 aromatic heterocycles. The van der Waals surface area contributed by atoms with Crippen molar-refractivity contribution in [3.63, 3.8) is 0 Å². The average molecular weight is 400 g/mol. The summed E-state index contributed by atoms with van der Waals surface area (Å²) in [6.07, 6.45) is 1.85. The van der Waals surface area contributed by atoms with Crippen molar-refractivity contribution >= 4 is 17.3 Å². The van der Waals surface area contributed by atoms with Gasteiger partial charge in [0.2, 0.25) is 0 Å². The van der Waals surface area contributed by atoms with Gasteiger partial charge in [-0.25, -0.2) is 4.39 Å². The van der Waals surface area contributed by atoms with Crippen LogP contribution in [0.1, 0.15) is 37.8 Å². The zero-order valence-corrected chi connectivity index (χ0v) is 17.3. The van der Waals surface area contributed by atoms with Crippen LogP contribution in [0.15, 0.2) is 36.0 Å². The first-order valence-corrected chi connectivity index (χ1v) is 9.63. The van der Waals surface area contributed by atoms with Gasteiger partial charge in [-0.3, -0.25) is 4.79 Å². The normalized spacial score (nSPS) is 13.7. The van der Waals surface area contributed by atoms with Gasteiger partial charge in [-0.1, -0.05) is 25.5 Å². The number of nitrogen functional groups attached to an aromatic ring is 1. The van der Waals surface area contributed by atoms with Crippen LogP contribution in [0.25, 0.3) is 16.8 Å². The van der Waals surface area contributed by atoms with Crippen LogP contribution in [-0.2, 0) is 4.79 Å². The van der Waals surface area contributed by atoms with Gasteiger partial charge in [-0.05, 0) is 44.0 Å². The number of aryl methyl sites for hydroxylation is 1. The monoisotopic (exact) mass is 400 g/mol. The number of carbonyl (C=O) groups is 1. The lowest BCUT2D eigenvalue weighted by atomic mass is 9.95. The SMILES string of the molecule is CC.COc1ccc(C)cc1-c1c(F)ccc(/C(N)=C(\N)C(=O)NC2CC2)c1N. The Kier molecular flexibility index (Phi) is 7.09. The molecule has 1 aliphatic rings. The standard InChI is InChI=1S/C20H23FN4O2.C2H6/c1-10-3-8-15(27-2)13(9-10)16-14(21)7-6-12(17(16)22)18(23)19(24)20(26)25-11-4-5-11;1-2/h3,6-9,11H,4-5,22-24H2,1-2H3,(H,25,26);1-2H3/b19-18+;. The molecule has 2 aromatic rings. The number of benzene rings is 2. The Labute approximate surface area is 170 Å². The number of methoxy groups -OCH3 is 1. The highest BCUT2D eigenvalue weighted by molar-refractivity contribution is 6.02. The molecule has 156 valence electrons. The molecular formula is C22H29FN4O2. The third kappa shape index (κ3) is 4.80. The van der Waals surface area contributed by atoms with Crippen molar-refractivity contribution in [2.24, 2.45) is 11.5 Å². The third-order valence-electron chi connectivity index (χ3n) is 4.56. The summed E-state index contributed by atoms with van der Waals surface area (Å²) in [4.78, 5) is 12.2. The molecule has 0 aliphatic heterocycles. The van der Waals surface area contributed by atoms with E-state index in [2.05, 4.69) is 5.32 Å². The van der Waals surface area contributed by atoms with Crippen molar-refractivity contribution in [2.45, 2.75) is 39.7 Å². The number of rotatable bonds is 5. The minimum Gasteiger partial charge on any atom is -0.496 e. The van der Waals surface area contributed by atoms with Crippen LogP contribution in [0, 0.1) is 12.7 Å². The Morgan fingerprint density at radius 1 is 1.17 bits per heavy atom. The Balaban J connectivity index is 0.00000145. The Hall–Kier alpha value is -3.22. The fraction of sp³-hybridized carbons (Fsp3) is 0.318. The van der Waals surface area contributed by atoms with E-state index in [0.717, 1.165) is 18.4 Å². The molecule has 0 heterocycles. The van der Waals surface area contributed by atoms with E-state index in [-0.39, 0.29) is 28.7 Å². The number of ether oxygens (including phenoxy) is 1. The van der Waals surface area contributed by atoms with Gasteiger partial charge in [0.05, 0.1) is 18.5 Å². The number of nitrogens with one attached hydrogen (secondary N) is 1. The molecule has 1 amide bonds. The minimum absolute atomic E-state index is 0.0125. The van der Waals surface area contributed by atoms with E-state index >= 15 is 0 Å². The summed E-state index contributed by atoms with van der Waals surface area (Å²) in [6.45, 7) is 5.88. The zero-order valence-electron chi connectivity index (χ0n) is 17.3. The van der Waals surface area contributed by atoms with E-state index in [9.17, 15) is 9.18 Å². The smallest absolute Gasteiger partial charge is 0.269 e. The highest BCUT2D eigenvalue weighted by Crippen LogP contribution is 2.39. The van der Waals surface area contributed by atoms with Crippen LogP contribution >= 0.6 is 0 Å². The highest BCUT2D eigenvalue weighted by atomic mass is 19.1. The molecule has 2 aromatic carbocycles. The highest BCUT2D eigenvalue weighted by Gasteiger charge is 2.26. The number of hydrogen-bond donors (Lipinski definition) is 4. The molecule has 1 saturated carbocycles. The van der Waals surface area contributed by atoms with Crippen molar-refractivity contribution < 1.29 is 13.9 Å². The van der Waals surface area contributed by atoms with Crippen molar-refractivity contribution in [3.05, 3.63) is 53.0 Å². The predicted octanol–water partition coefficient (Wildman–Crippen LogP) is 3.28. The predicted molar refractivity (Wildman–Crippen MR) is 115 cm³/mol. The molecule has 7 heteroatoms. The van der Waals surface area contributed by atoms with Crippen LogP contribution < -0.4 is 27.3 Å². The Morgan fingerprint density at radius 2 is 1.83 bits per heavy atom. The molecule has 0 radical (unpaired) electrons. The minimum atomic E-state index is -0.519. The number of amides is 1. The molecular weight excluding hydrogens is 371 g/mol. The number of nitrogens with two attached hydrogens (primary N) is 3. The first kappa shape index (κ1) is 22.1. The summed E-state index contributed by atoms with van der Waals surface area (Å²) in [6, 6.07) is 8.19. The zero-order chi connectivity index (χ0) is 21.7. The number of halogens is 1. The molecule has 0 saturated heterocycles. The van der Waals surface area contributed by atoms with Gasteiger partial charge >= 0.3 is 0 Å². The second-order valence-corrected chi connectivity index (χ2v) is 6.66. The summed E-state index contributed by atoms with van der Waals surface area (Å²) in [5.74, 6) is -0.493. The van der Waals surface area contributed by atoms with Crippen LogP contribution in [-0.4, -0.2) is 19.1 Å². The van der Waals surface area contributed by atoms with Crippen LogP contribution in [0.3, 0.4) is 0 Å². The number of hydrogen-bond acceptors (Lipinski definition) is 5. The fourth-order valence-corrected chi connectivity index (χ4v) is 2.88. The van der Waals surface area contributed by atoms with Gasteiger partial charge in [0, 0.05) is 22.7 Å². The third-order valence-corrected chi connectivity index (χ3v) is 4.56. The van der Waals surface area contributed by atoms with Crippen molar-refractivity contribution in [1.29, 1.82) is 0 Å². The van der Waals surface area contributed by atoms with Gasteiger partial charge in [0.1, 0.15) is 17.3 Å². The molecule has 7 N–H and O–H groups in total. The summed E-state index contributed by atoms with van der Waals surface area (Å²) in [7, 11) is 1.50. The van der Waals surface area contributed by atoms with Gasteiger partial charge in [0.25, 0.3) is 5.91 Å². The van der Waals surface area contributed by atoms with E-state index in [0.29, 0.717) is 16.9 Å². The summed E-state index contributed by atoms with van der Waals surface area (Å²) < 4.78 is 20.0. The Morgan fingerprint density at radius 3 is 2.41 bits per heavy atom. The van der Waals surface area contributed by atoms with Crippen LogP contribution in [0.4, 0.5) is 10.1 Å². The second-order valence-electron chi connectivity index (χ2n) is 6.66. The average Bonchev–Trinajstić information content (AvgIpc) is 3.53. The molecule has 3 rings (SSSR count). The van der Waals surface area contributed by atoms with E-state index in [1.807, 2.05) is 26.8 Å². The summed E-state index contributed by atoms with van der Waals surface area (Å²) in [5, 5.41) is 2.77. The maximum absolute atomic E-state index is 14.7. The number of carbonyl (C=O) groups excluding carboxylic acids is 1. The maximum Gasteiger partial charge on any atom is 0.269 e. The maximum atomic E-state index is 14.7. The topological polar surface area (TPSA) is 116 Å². The molecule has 1 aliphatic carbocycles. The largest absolute Gasteiger partial charge is 0.496 e. The number of anilines is 1. The van der Waals surface area contributed by atoms with Crippen LogP contribution in [0.2, 0.25) is 0 Å². The molecule has 29 heavy (non-hydrogen) atoms. The fourth-order valence-electron chi connectivity index (χ4n) is 2.88.